The van der Waals surface area contributed by atoms with Crippen molar-refractivity contribution in [1.29, 1.82) is 0 Å². The highest BCUT2D eigenvalue weighted by atomic mass is 32.2. The molecule has 0 bridgehead atoms. The lowest BCUT2D eigenvalue weighted by Crippen LogP contribution is -2.71. The Bertz CT molecular complexity index is 3790. The zero-order valence-electron chi connectivity index (χ0n) is 44.7. The summed E-state index contributed by atoms with van der Waals surface area (Å²) < 4.78 is 74.5. The predicted molar refractivity (Wildman–Crippen MR) is 320 cm³/mol. The van der Waals surface area contributed by atoms with Crippen molar-refractivity contribution in [2.45, 2.75) is 34.2 Å². The number of β-lactam (4-membered cyclic amide) rings is 1. The first-order valence-electron chi connectivity index (χ1n) is 26.6. The number of halogens is 3. The first-order valence-corrected chi connectivity index (χ1v) is 29.9. The third-order valence-corrected chi connectivity index (χ3v) is 17.3. The maximum Gasteiger partial charge on any atom is 0.534 e. The third-order valence-electron chi connectivity index (χ3n) is 14.3. The van der Waals surface area contributed by atoms with E-state index in [2.05, 4.69) is 14.8 Å². The van der Waals surface area contributed by atoms with Crippen LogP contribution in [0.5, 0.6) is 0 Å². The molecule has 9 aromatic rings. The average molecular weight is 1190 g/mol. The van der Waals surface area contributed by atoms with Gasteiger partial charge in [-0.1, -0.05) is 248 Å². The molecule has 2 amide bonds. The van der Waals surface area contributed by atoms with Crippen LogP contribution in [0.1, 0.15) is 56.3 Å². The molecule has 426 valence electrons. The SMILES string of the molecule is O=C(OC(c1ccccc1)c1ccccc1)C1=C(/C=C/OS(=O)(=O)C(F)(F)F)CS[C@@H]2C(NC(=O)/C(=N\OC(c3ccccc3)(c3ccccc3)c3ccccc3)c3csc(NC(c4ccccc4)(c4ccccc4)c4ccccc4)n3)C(=O)N12. The van der Waals surface area contributed by atoms with Crippen molar-refractivity contribution >= 4 is 61.8 Å². The molecule has 19 heteroatoms. The summed E-state index contributed by atoms with van der Waals surface area (Å²) in [7, 11) is -6.10. The normalized spacial score (nSPS) is 15.6. The second-order valence-corrected chi connectivity index (χ2v) is 23.0. The Morgan fingerprint density at radius 1 is 0.635 bits per heavy atom. The molecule has 0 saturated carbocycles. The van der Waals surface area contributed by atoms with Gasteiger partial charge in [0.05, 0.1) is 0 Å². The van der Waals surface area contributed by atoms with Crippen LogP contribution in [-0.2, 0) is 49.4 Å². The number of benzene rings is 8. The van der Waals surface area contributed by atoms with E-state index in [0.717, 1.165) is 39.4 Å². The molecular weight excluding hydrogens is 1140 g/mol. The van der Waals surface area contributed by atoms with Crippen molar-refractivity contribution in [3.05, 3.63) is 322 Å². The molecule has 11 rings (SSSR count). The standard InChI is InChI=1S/C66H50F3N5O8S3/c67-66(68,69)85(78,79)80-42-41-47-43-83-61-56(60(76)74(61)57(47)62(77)81-58(45-25-9-1-10-26-45)46-27-11-2-12-28-46)71-59(75)55(73-82-65(51-35-19-6-20-36-51,52-37-21-7-22-38-52)53-39-23-8-24-40-53)54-44-84-63(70-54)72-64(48-29-13-3-14-30-48,49-31-15-4-16-32-49)50-33-17-5-18-34-50/h1-42,44,56,58,61H,43H2,(H,70,72)(H,71,75)/b42-41+,73-55-/t56?,61-/m1/s1. The number of ether oxygens (including phenoxy) is 1. The summed E-state index contributed by atoms with van der Waals surface area (Å²) in [5.74, 6) is -2.97. The number of oxime groups is 1. The molecule has 1 unspecified atom stereocenters. The van der Waals surface area contributed by atoms with Crippen LogP contribution in [0.4, 0.5) is 18.3 Å². The summed E-state index contributed by atoms with van der Waals surface area (Å²) in [6, 6.07) is 73.9. The van der Waals surface area contributed by atoms with Crippen molar-refractivity contribution in [2.24, 2.45) is 5.16 Å². The number of aromatic nitrogens is 1. The molecule has 2 atom stereocenters. The number of hydrogen-bond acceptors (Lipinski definition) is 13. The lowest BCUT2D eigenvalue weighted by Gasteiger charge is -2.49. The molecule has 0 aliphatic carbocycles. The summed E-state index contributed by atoms with van der Waals surface area (Å²) in [4.78, 5) is 58.1. The molecular formula is C66H50F3N5O8S3. The largest absolute Gasteiger partial charge is 0.534 e. The van der Waals surface area contributed by atoms with E-state index in [4.69, 9.17) is 19.7 Å². The monoisotopic (exact) mass is 1190 g/mol. The van der Waals surface area contributed by atoms with Crippen molar-refractivity contribution < 1.29 is 49.7 Å². The van der Waals surface area contributed by atoms with Crippen molar-refractivity contribution in [1.82, 2.24) is 15.2 Å². The van der Waals surface area contributed by atoms with Gasteiger partial charge >= 0.3 is 21.6 Å². The number of thioether (sulfide) groups is 1. The zero-order valence-corrected chi connectivity index (χ0v) is 47.2. The third kappa shape index (κ3) is 11.6. The highest BCUT2D eigenvalue weighted by Crippen LogP contribution is 2.45. The van der Waals surface area contributed by atoms with Crippen LogP contribution < -0.4 is 10.6 Å². The minimum absolute atomic E-state index is 0.0642. The first kappa shape index (κ1) is 57.3. The van der Waals surface area contributed by atoms with Gasteiger partial charge in [-0.05, 0) is 39.5 Å². The Morgan fingerprint density at radius 3 is 1.49 bits per heavy atom. The van der Waals surface area contributed by atoms with Crippen LogP contribution in [0, 0.1) is 0 Å². The number of allylic oxidation sites excluding steroid dienone is 1. The number of carbonyl (C=O) groups is 3. The number of hydrogen-bond donors (Lipinski definition) is 2. The summed E-state index contributed by atoms with van der Waals surface area (Å²) in [6.07, 6.45) is 0.100. The second kappa shape index (κ2) is 24.7. The molecule has 2 aliphatic rings. The molecule has 0 spiro atoms. The van der Waals surface area contributed by atoms with Gasteiger partial charge in [0.25, 0.3) is 11.8 Å². The maximum absolute atomic E-state index is 15.5. The van der Waals surface area contributed by atoms with Gasteiger partial charge < -0.3 is 24.4 Å². The summed E-state index contributed by atoms with van der Waals surface area (Å²) in [5.41, 5.74) is -3.28. The first-order chi connectivity index (χ1) is 41.3. The number of amides is 2. The Kier molecular flexibility index (Phi) is 16.7. The zero-order chi connectivity index (χ0) is 59.0. The van der Waals surface area contributed by atoms with Crippen LogP contribution in [0.25, 0.3) is 0 Å². The van der Waals surface area contributed by atoms with E-state index in [1.165, 1.54) is 11.3 Å². The number of carbonyl (C=O) groups excluding carboxylic acids is 3. The van der Waals surface area contributed by atoms with E-state index < -0.39 is 67.8 Å². The number of esters is 1. The van der Waals surface area contributed by atoms with E-state index in [-0.39, 0.29) is 29.0 Å². The Hall–Kier alpha value is -9.56. The smallest absolute Gasteiger partial charge is 0.448 e. The van der Waals surface area contributed by atoms with E-state index in [1.54, 1.807) is 66.0 Å². The van der Waals surface area contributed by atoms with Crippen LogP contribution in [0.15, 0.2) is 277 Å². The second-order valence-electron chi connectivity index (χ2n) is 19.5. The van der Waals surface area contributed by atoms with E-state index in [9.17, 15) is 31.2 Å². The fourth-order valence-electron chi connectivity index (χ4n) is 10.3. The summed E-state index contributed by atoms with van der Waals surface area (Å²) in [5, 5.41) is 12.4. The lowest BCUT2D eigenvalue weighted by atomic mass is 9.77. The number of rotatable bonds is 20. The Morgan fingerprint density at radius 2 is 1.06 bits per heavy atom. The number of fused-ring (bicyclic) bond motifs is 1. The quantitative estimate of drug-likeness (QED) is 0.0109. The Labute approximate surface area is 496 Å². The number of alkyl halides is 3. The van der Waals surface area contributed by atoms with Gasteiger partial charge in [-0.25, -0.2) is 9.78 Å². The highest BCUT2D eigenvalue weighted by molar-refractivity contribution is 8.00. The average Bonchev–Trinajstić information content (AvgIpc) is 2.17. The number of thiazole rings is 1. The molecule has 1 saturated heterocycles. The fourth-order valence-corrected chi connectivity index (χ4v) is 12.7. The molecule has 1 fully saturated rings. The van der Waals surface area contributed by atoms with Gasteiger partial charge in [-0.2, -0.15) is 21.6 Å². The number of anilines is 1. The Balaban J connectivity index is 0.995. The molecule has 3 heterocycles. The minimum Gasteiger partial charge on any atom is -0.448 e. The number of nitrogens with one attached hydrogen (secondary N) is 2. The fraction of sp³-hybridized carbons (Fsp3) is 0.106. The summed E-state index contributed by atoms with van der Waals surface area (Å²) in [6.45, 7) is 0. The topological polar surface area (TPSA) is 166 Å². The van der Waals surface area contributed by atoms with Gasteiger partial charge in [0.1, 0.15) is 34.6 Å². The molecule has 8 aromatic carbocycles. The van der Waals surface area contributed by atoms with Gasteiger partial charge in [-0.15, -0.1) is 23.1 Å². The van der Waals surface area contributed by atoms with E-state index in [1.807, 2.05) is 182 Å². The van der Waals surface area contributed by atoms with Gasteiger partial charge in [-0.3, -0.25) is 14.5 Å². The van der Waals surface area contributed by atoms with Crippen LogP contribution >= 0.6 is 23.1 Å². The molecule has 0 radical (unpaired) electrons. The summed E-state index contributed by atoms with van der Waals surface area (Å²) >= 11 is 2.25. The molecule has 85 heavy (non-hydrogen) atoms. The van der Waals surface area contributed by atoms with Crippen molar-refractivity contribution in [2.75, 3.05) is 11.1 Å². The van der Waals surface area contributed by atoms with Crippen molar-refractivity contribution in [3.8, 4) is 0 Å². The highest BCUT2D eigenvalue weighted by Gasteiger charge is 2.55. The van der Waals surface area contributed by atoms with Crippen molar-refractivity contribution in [3.63, 3.8) is 0 Å². The maximum atomic E-state index is 15.5. The minimum atomic E-state index is -6.10. The van der Waals surface area contributed by atoms with Gasteiger partial charge in [0.2, 0.25) is 5.60 Å². The molecule has 2 N–H and O–H groups in total. The predicted octanol–water partition coefficient (Wildman–Crippen LogP) is 12.6. The molecule has 1 aromatic heterocycles. The van der Waals surface area contributed by atoms with Crippen LogP contribution in [0.3, 0.4) is 0 Å². The molecule has 13 nitrogen and oxygen atoms in total. The lowest BCUT2D eigenvalue weighted by molar-refractivity contribution is -0.154. The van der Waals surface area contributed by atoms with Gasteiger partial charge in [0.15, 0.2) is 16.9 Å². The van der Waals surface area contributed by atoms with E-state index in [0.29, 0.717) is 32.9 Å². The molecule has 2 aliphatic heterocycles. The number of nitrogens with zero attached hydrogens (tertiary/aromatic N) is 3. The van der Waals surface area contributed by atoms with Crippen LogP contribution in [0.2, 0.25) is 0 Å². The van der Waals surface area contributed by atoms with Gasteiger partial charge in [0, 0.05) is 27.8 Å². The van der Waals surface area contributed by atoms with E-state index >= 15 is 4.79 Å². The van der Waals surface area contributed by atoms with Crippen LogP contribution in [-0.4, -0.2) is 64.5 Å².